The maximum Gasteiger partial charge on any atom is 0.416 e. The third-order valence-corrected chi connectivity index (χ3v) is 6.69. The van der Waals surface area contributed by atoms with E-state index in [0.717, 1.165) is 17.7 Å². The lowest BCUT2D eigenvalue weighted by molar-refractivity contribution is -0.137. The van der Waals surface area contributed by atoms with E-state index in [4.69, 9.17) is 11.0 Å². The summed E-state index contributed by atoms with van der Waals surface area (Å²) < 4.78 is 66.2. The standard InChI is InChI=1S/C19H19F3N4O2S/c20-19(21,22)16-9-15(13-24)10-17(11-16)25-5-7-26(8-6-25)29(27,28)18-3-1-14(12-23)2-4-18/h1-4,9-11H,5-8,12,23H2. The van der Waals surface area contributed by atoms with Crippen molar-refractivity contribution in [3.8, 4) is 6.07 Å². The molecule has 2 N–H and O–H groups in total. The van der Waals surface area contributed by atoms with E-state index in [9.17, 15) is 21.6 Å². The van der Waals surface area contributed by atoms with Crippen LogP contribution in [0.1, 0.15) is 16.7 Å². The summed E-state index contributed by atoms with van der Waals surface area (Å²) in [5.41, 5.74) is 5.59. The van der Waals surface area contributed by atoms with E-state index < -0.39 is 21.8 Å². The molecule has 1 fully saturated rings. The maximum absolute atomic E-state index is 13.1. The van der Waals surface area contributed by atoms with Gasteiger partial charge >= 0.3 is 6.18 Å². The molecule has 1 saturated heterocycles. The van der Waals surface area contributed by atoms with Crippen LogP contribution in [0.2, 0.25) is 0 Å². The highest BCUT2D eigenvalue weighted by Crippen LogP contribution is 2.33. The molecule has 1 aliphatic heterocycles. The molecule has 0 bridgehead atoms. The Labute approximate surface area is 167 Å². The zero-order chi connectivity index (χ0) is 21.2. The quantitative estimate of drug-likeness (QED) is 0.815. The van der Waals surface area contributed by atoms with Gasteiger partial charge in [0.15, 0.2) is 0 Å². The molecule has 0 amide bonds. The molecule has 2 aromatic rings. The summed E-state index contributed by atoms with van der Waals surface area (Å²) in [6.07, 6.45) is -4.57. The number of sulfonamides is 1. The van der Waals surface area contributed by atoms with Gasteiger partial charge in [-0.15, -0.1) is 0 Å². The predicted octanol–water partition coefficient (Wildman–Crippen LogP) is 2.55. The molecular formula is C19H19F3N4O2S. The van der Waals surface area contributed by atoms with Crippen molar-refractivity contribution in [3.05, 3.63) is 59.2 Å². The van der Waals surface area contributed by atoms with Gasteiger partial charge in [-0.25, -0.2) is 8.42 Å². The Bertz CT molecular complexity index is 1020. The van der Waals surface area contributed by atoms with E-state index >= 15 is 0 Å². The van der Waals surface area contributed by atoms with Gasteiger partial charge in [0.05, 0.1) is 22.1 Å². The molecule has 0 atom stereocenters. The Morgan fingerprint density at radius 1 is 1.03 bits per heavy atom. The summed E-state index contributed by atoms with van der Waals surface area (Å²) in [5, 5.41) is 9.03. The SMILES string of the molecule is N#Cc1cc(N2CCN(S(=O)(=O)c3ccc(CN)cc3)CC2)cc(C(F)(F)F)c1. The first-order valence-corrected chi connectivity index (χ1v) is 10.3. The van der Waals surface area contributed by atoms with Crippen LogP contribution in [0, 0.1) is 11.3 Å². The second kappa shape index (κ2) is 8.02. The number of hydrogen-bond acceptors (Lipinski definition) is 5. The fraction of sp³-hybridized carbons (Fsp3) is 0.316. The van der Waals surface area contributed by atoms with E-state index in [1.54, 1.807) is 23.1 Å². The minimum atomic E-state index is -4.57. The number of rotatable bonds is 4. The van der Waals surface area contributed by atoms with Crippen molar-refractivity contribution in [3.63, 3.8) is 0 Å². The van der Waals surface area contributed by atoms with Crippen molar-refractivity contribution in [2.75, 3.05) is 31.1 Å². The molecule has 3 rings (SSSR count). The lowest BCUT2D eigenvalue weighted by Gasteiger charge is -2.35. The first kappa shape index (κ1) is 21.1. The van der Waals surface area contributed by atoms with Gasteiger partial charge in [0.25, 0.3) is 0 Å². The number of alkyl halides is 3. The minimum absolute atomic E-state index is 0.0927. The highest BCUT2D eigenvalue weighted by atomic mass is 32.2. The van der Waals surface area contributed by atoms with E-state index in [-0.39, 0.29) is 42.3 Å². The number of benzene rings is 2. The normalized spacial score (nSPS) is 15.9. The maximum atomic E-state index is 13.1. The minimum Gasteiger partial charge on any atom is -0.369 e. The zero-order valence-corrected chi connectivity index (χ0v) is 16.2. The number of piperazine rings is 1. The van der Waals surface area contributed by atoms with Crippen LogP contribution in [0.3, 0.4) is 0 Å². The molecule has 0 spiro atoms. The summed E-state index contributed by atoms with van der Waals surface area (Å²) >= 11 is 0. The second-order valence-corrected chi connectivity index (χ2v) is 8.56. The molecule has 0 aliphatic carbocycles. The van der Waals surface area contributed by atoms with Gasteiger partial charge in [-0.05, 0) is 35.9 Å². The summed E-state index contributed by atoms with van der Waals surface area (Å²) in [5.74, 6) is 0. The van der Waals surface area contributed by atoms with E-state index in [2.05, 4.69) is 0 Å². The third kappa shape index (κ3) is 4.53. The molecule has 0 aromatic heterocycles. The summed E-state index contributed by atoms with van der Waals surface area (Å²) in [4.78, 5) is 1.80. The number of nitrogens with two attached hydrogens (primary N) is 1. The molecule has 29 heavy (non-hydrogen) atoms. The van der Waals surface area contributed by atoms with E-state index in [0.29, 0.717) is 6.54 Å². The molecule has 0 radical (unpaired) electrons. The highest BCUT2D eigenvalue weighted by Gasteiger charge is 2.33. The molecule has 1 heterocycles. The summed E-state index contributed by atoms with van der Waals surface area (Å²) in [6, 6.07) is 11.2. The first-order valence-electron chi connectivity index (χ1n) is 8.81. The van der Waals surface area contributed by atoms with Gasteiger partial charge in [-0.1, -0.05) is 12.1 Å². The van der Waals surface area contributed by atoms with Crippen LogP contribution in [-0.4, -0.2) is 38.9 Å². The van der Waals surface area contributed by atoms with Crippen molar-refractivity contribution in [2.24, 2.45) is 5.73 Å². The van der Waals surface area contributed by atoms with Gasteiger partial charge in [0, 0.05) is 38.4 Å². The molecule has 10 heteroatoms. The smallest absolute Gasteiger partial charge is 0.369 e. The lowest BCUT2D eigenvalue weighted by Crippen LogP contribution is -2.48. The second-order valence-electron chi connectivity index (χ2n) is 6.62. The number of anilines is 1. The third-order valence-electron chi connectivity index (χ3n) is 4.77. The number of nitriles is 1. The van der Waals surface area contributed by atoms with Crippen LogP contribution in [-0.2, 0) is 22.7 Å². The highest BCUT2D eigenvalue weighted by molar-refractivity contribution is 7.89. The molecular weight excluding hydrogens is 405 g/mol. The van der Waals surface area contributed by atoms with Crippen LogP contribution in [0.4, 0.5) is 18.9 Å². The van der Waals surface area contributed by atoms with Crippen LogP contribution in [0.5, 0.6) is 0 Å². The number of nitrogens with zero attached hydrogens (tertiary/aromatic N) is 3. The van der Waals surface area contributed by atoms with Crippen LogP contribution in [0.15, 0.2) is 47.4 Å². The van der Waals surface area contributed by atoms with Crippen LogP contribution < -0.4 is 10.6 Å². The molecule has 6 nitrogen and oxygen atoms in total. The largest absolute Gasteiger partial charge is 0.416 e. The average molecular weight is 424 g/mol. The van der Waals surface area contributed by atoms with Crippen molar-refractivity contribution >= 4 is 15.7 Å². The molecule has 1 aliphatic rings. The summed E-state index contributed by atoms with van der Waals surface area (Å²) in [6.45, 7) is 0.984. The summed E-state index contributed by atoms with van der Waals surface area (Å²) in [7, 11) is -3.70. The van der Waals surface area contributed by atoms with Crippen molar-refractivity contribution in [1.82, 2.24) is 4.31 Å². The van der Waals surface area contributed by atoms with Gasteiger partial charge < -0.3 is 10.6 Å². The van der Waals surface area contributed by atoms with Crippen LogP contribution >= 0.6 is 0 Å². The Morgan fingerprint density at radius 3 is 2.17 bits per heavy atom. The van der Waals surface area contributed by atoms with Crippen molar-refractivity contribution in [1.29, 1.82) is 5.26 Å². The molecule has 0 unspecified atom stereocenters. The van der Waals surface area contributed by atoms with Crippen LogP contribution in [0.25, 0.3) is 0 Å². The monoisotopic (exact) mass is 424 g/mol. The predicted molar refractivity (Wildman–Crippen MR) is 101 cm³/mol. The fourth-order valence-electron chi connectivity index (χ4n) is 3.16. The van der Waals surface area contributed by atoms with Gasteiger partial charge in [-0.3, -0.25) is 0 Å². The zero-order valence-electron chi connectivity index (χ0n) is 15.4. The Hall–Kier alpha value is -2.61. The van der Waals surface area contributed by atoms with Gasteiger partial charge in [-0.2, -0.15) is 22.7 Å². The average Bonchev–Trinajstić information content (AvgIpc) is 2.73. The van der Waals surface area contributed by atoms with Crippen molar-refractivity contribution in [2.45, 2.75) is 17.6 Å². The Kier molecular flexibility index (Phi) is 5.84. The molecule has 154 valence electrons. The topological polar surface area (TPSA) is 90.4 Å². The fourth-order valence-corrected chi connectivity index (χ4v) is 4.58. The van der Waals surface area contributed by atoms with Gasteiger partial charge in [0.2, 0.25) is 10.0 Å². The van der Waals surface area contributed by atoms with E-state index in [1.165, 1.54) is 22.5 Å². The number of hydrogen-bond donors (Lipinski definition) is 1. The Morgan fingerprint density at radius 2 is 1.66 bits per heavy atom. The van der Waals surface area contributed by atoms with Crippen molar-refractivity contribution < 1.29 is 21.6 Å². The number of halogens is 3. The van der Waals surface area contributed by atoms with E-state index in [1.807, 2.05) is 0 Å². The van der Waals surface area contributed by atoms with Gasteiger partial charge in [0.1, 0.15) is 0 Å². The Balaban J connectivity index is 1.77. The molecule has 2 aromatic carbocycles. The lowest BCUT2D eigenvalue weighted by atomic mass is 10.1. The first-order chi connectivity index (χ1) is 13.6. The molecule has 0 saturated carbocycles.